The number of phenols is 1. The number of nitrogens with zero attached hydrogens (tertiary/aromatic N) is 2. The van der Waals surface area contributed by atoms with E-state index in [1.165, 1.54) is 68.3 Å². The fourth-order valence-corrected chi connectivity index (χ4v) is 9.98. The molecule has 6 atom stereocenters. The average molecular weight is 487 g/mol. The van der Waals surface area contributed by atoms with Gasteiger partial charge in [-0.2, -0.15) is 0 Å². The number of phenolic OH excluding ortho intramolecular Hbond substituents is 1. The maximum atomic E-state index is 11.8. The van der Waals surface area contributed by atoms with Crippen LogP contribution < -0.4 is 4.74 Å². The molecule has 4 aliphatic carbocycles. The summed E-state index contributed by atoms with van der Waals surface area (Å²) in [5.74, 6) is 3.18. The lowest BCUT2D eigenvalue weighted by Gasteiger charge is -2.65. The SMILES string of the molecule is COc1ccc2c(c1O)C13C(C2)CN(CC2CC2)C(C)C12CCC(N(C)Cc1ccccc1)C3CC2. The molecule has 5 aliphatic rings. The molecule has 3 saturated carbocycles. The normalized spacial score (nSPS) is 37.0. The Labute approximate surface area is 216 Å². The van der Waals surface area contributed by atoms with Gasteiger partial charge in [0.05, 0.1) is 7.11 Å². The number of hydrogen-bond acceptors (Lipinski definition) is 4. The zero-order valence-corrected chi connectivity index (χ0v) is 22.2. The van der Waals surface area contributed by atoms with Gasteiger partial charge in [0.15, 0.2) is 11.5 Å². The molecule has 1 N–H and O–H groups in total. The summed E-state index contributed by atoms with van der Waals surface area (Å²) in [5, 5.41) is 11.8. The second-order valence-corrected chi connectivity index (χ2v) is 12.8. The highest BCUT2D eigenvalue weighted by Crippen LogP contribution is 2.75. The third-order valence-corrected chi connectivity index (χ3v) is 11.5. The zero-order valence-electron chi connectivity index (χ0n) is 22.2. The molecule has 1 heterocycles. The fraction of sp³-hybridized carbons (Fsp3) is 0.625. The number of rotatable bonds is 6. The van der Waals surface area contributed by atoms with E-state index in [0.717, 1.165) is 18.9 Å². The highest BCUT2D eigenvalue weighted by Gasteiger charge is 2.74. The van der Waals surface area contributed by atoms with Crippen molar-refractivity contribution in [1.82, 2.24) is 9.80 Å². The van der Waals surface area contributed by atoms with Gasteiger partial charge in [-0.1, -0.05) is 36.4 Å². The first-order chi connectivity index (χ1) is 17.5. The first-order valence-corrected chi connectivity index (χ1v) is 14.4. The summed E-state index contributed by atoms with van der Waals surface area (Å²) in [5.41, 5.74) is 4.36. The van der Waals surface area contributed by atoms with Crippen LogP contribution in [0.4, 0.5) is 0 Å². The molecule has 1 saturated heterocycles. The summed E-state index contributed by atoms with van der Waals surface area (Å²) < 4.78 is 5.71. The van der Waals surface area contributed by atoms with E-state index in [2.05, 4.69) is 60.2 Å². The van der Waals surface area contributed by atoms with E-state index in [9.17, 15) is 5.11 Å². The van der Waals surface area contributed by atoms with Crippen LogP contribution in [0, 0.1) is 23.2 Å². The molecule has 2 bridgehead atoms. The van der Waals surface area contributed by atoms with E-state index in [1.807, 2.05) is 6.07 Å². The van der Waals surface area contributed by atoms with Gasteiger partial charge in [0.2, 0.25) is 0 Å². The standard InChI is InChI=1S/C32H42N2O2/c1-21-31-15-13-26(27(14-16-31)33(2)18-22-7-5-4-6-8-22)32(31)25(20-34(21)19-23-9-10-23)17-24-11-12-28(36-3)30(35)29(24)32/h4-8,11-12,21,23,25-27,35H,9-10,13-20H2,1-3H3. The molecule has 0 aromatic heterocycles. The number of benzene rings is 2. The number of fused-ring (bicyclic) bond motifs is 1. The lowest BCUT2D eigenvalue weighted by Crippen LogP contribution is -2.69. The largest absolute Gasteiger partial charge is 0.504 e. The van der Waals surface area contributed by atoms with Gasteiger partial charge in [-0.15, -0.1) is 0 Å². The van der Waals surface area contributed by atoms with Crippen molar-refractivity contribution in [3.8, 4) is 11.5 Å². The molecule has 1 spiro atoms. The maximum absolute atomic E-state index is 11.8. The van der Waals surface area contributed by atoms with Crippen molar-refractivity contribution < 1.29 is 9.84 Å². The summed E-state index contributed by atoms with van der Waals surface area (Å²) in [6.45, 7) is 6.01. The van der Waals surface area contributed by atoms with Crippen LogP contribution >= 0.6 is 0 Å². The molecule has 1 aliphatic heterocycles. The minimum atomic E-state index is 0.0499. The Kier molecular flexibility index (Phi) is 5.28. The van der Waals surface area contributed by atoms with E-state index in [0.29, 0.717) is 35.4 Å². The smallest absolute Gasteiger partial charge is 0.161 e. The number of piperidine rings is 1. The Balaban J connectivity index is 1.34. The van der Waals surface area contributed by atoms with Crippen LogP contribution in [-0.2, 0) is 18.4 Å². The number of methoxy groups -OCH3 is 1. The second kappa shape index (κ2) is 8.23. The van der Waals surface area contributed by atoms with Gasteiger partial charge in [-0.25, -0.2) is 0 Å². The maximum Gasteiger partial charge on any atom is 0.161 e. The quantitative estimate of drug-likeness (QED) is 0.575. The van der Waals surface area contributed by atoms with Crippen molar-refractivity contribution >= 4 is 0 Å². The third kappa shape index (κ3) is 3.01. The molecule has 0 amide bonds. The number of likely N-dealkylation sites (tertiary alicyclic amines) is 1. The van der Waals surface area contributed by atoms with Crippen LogP contribution in [0.15, 0.2) is 42.5 Å². The third-order valence-electron chi connectivity index (χ3n) is 11.5. The summed E-state index contributed by atoms with van der Waals surface area (Å²) in [6, 6.07) is 16.4. The molecular formula is C32H42N2O2. The number of hydrogen-bond donors (Lipinski definition) is 1. The van der Waals surface area contributed by atoms with Crippen LogP contribution in [0.2, 0.25) is 0 Å². The number of aromatic hydroxyl groups is 1. The van der Waals surface area contributed by atoms with Gasteiger partial charge in [0.1, 0.15) is 0 Å². The van der Waals surface area contributed by atoms with Gasteiger partial charge in [0, 0.05) is 42.7 Å². The highest BCUT2D eigenvalue weighted by molar-refractivity contribution is 5.60. The monoisotopic (exact) mass is 486 g/mol. The lowest BCUT2D eigenvalue weighted by atomic mass is 9.45. The first kappa shape index (κ1) is 23.1. The first-order valence-electron chi connectivity index (χ1n) is 14.4. The second-order valence-electron chi connectivity index (χ2n) is 12.8. The molecule has 2 aromatic carbocycles. The Bertz CT molecular complexity index is 1150. The van der Waals surface area contributed by atoms with Crippen LogP contribution in [0.25, 0.3) is 0 Å². The minimum Gasteiger partial charge on any atom is -0.504 e. The Morgan fingerprint density at radius 1 is 1.06 bits per heavy atom. The Morgan fingerprint density at radius 2 is 1.83 bits per heavy atom. The van der Waals surface area contributed by atoms with Crippen LogP contribution in [0.5, 0.6) is 11.5 Å². The van der Waals surface area contributed by atoms with Crippen LogP contribution in [0.1, 0.15) is 62.1 Å². The van der Waals surface area contributed by atoms with E-state index in [4.69, 9.17) is 4.74 Å². The zero-order chi connectivity index (χ0) is 24.7. The molecule has 7 rings (SSSR count). The summed E-state index contributed by atoms with van der Waals surface area (Å²) in [7, 11) is 4.05. The van der Waals surface area contributed by atoms with Gasteiger partial charge in [-0.05, 0) is 99.3 Å². The van der Waals surface area contributed by atoms with Crippen LogP contribution in [0.3, 0.4) is 0 Å². The van der Waals surface area contributed by atoms with Gasteiger partial charge >= 0.3 is 0 Å². The van der Waals surface area contributed by atoms with Crippen molar-refractivity contribution in [3.05, 3.63) is 59.2 Å². The minimum absolute atomic E-state index is 0.0499. The van der Waals surface area contributed by atoms with Crippen molar-refractivity contribution in [1.29, 1.82) is 0 Å². The van der Waals surface area contributed by atoms with Crippen molar-refractivity contribution in [3.63, 3.8) is 0 Å². The van der Waals surface area contributed by atoms with E-state index >= 15 is 0 Å². The molecule has 36 heavy (non-hydrogen) atoms. The van der Waals surface area contributed by atoms with Crippen molar-refractivity contribution in [2.75, 3.05) is 27.2 Å². The van der Waals surface area contributed by atoms with Crippen LogP contribution in [-0.4, -0.2) is 54.2 Å². The van der Waals surface area contributed by atoms with Crippen molar-refractivity contribution in [2.24, 2.45) is 23.2 Å². The average Bonchev–Trinajstić information content (AvgIpc) is 3.60. The molecule has 6 unspecified atom stereocenters. The van der Waals surface area contributed by atoms with E-state index in [1.54, 1.807) is 7.11 Å². The Morgan fingerprint density at radius 3 is 2.58 bits per heavy atom. The number of ether oxygens (including phenoxy) is 1. The Hall–Kier alpha value is -2.04. The summed E-state index contributed by atoms with van der Waals surface area (Å²) in [4.78, 5) is 5.54. The molecule has 2 aromatic rings. The molecule has 4 fully saturated rings. The topological polar surface area (TPSA) is 35.9 Å². The fourth-order valence-electron chi connectivity index (χ4n) is 9.98. The summed E-state index contributed by atoms with van der Waals surface area (Å²) in [6.07, 6.45) is 9.04. The molecule has 0 radical (unpaired) electrons. The lowest BCUT2D eigenvalue weighted by molar-refractivity contribution is -0.120. The van der Waals surface area contributed by atoms with Crippen molar-refractivity contribution in [2.45, 2.75) is 75.9 Å². The van der Waals surface area contributed by atoms with Gasteiger partial charge in [-0.3, -0.25) is 9.80 Å². The van der Waals surface area contributed by atoms with E-state index < -0.39 is 0 Å². The molecule has 192 valence electrons. The molecule has 4 heteroatoms. The molecule has 4 nitrogen and oxygen atoms in total. The van der Waals surface area contributed by atoms with E-state index in [-0.39, 0.29) is 10.8 Å². The van der Waals surface area contributed by atoms with Gasteiger partial charge < -0.3 is 9.84 Å². The predicted molar refractivity (Wildman–Crippen MR) is 143 cm³/mol. The van der Waals surface area contributed by atoms with Gasteiger partial charge in [0.25, 0.3) is 0 Å². The summed E-state index contributed by atoms with van der Waals surface area (Å²) >= 11 is 0. The molecular weight excluding hydrogens is 444 g/mol. The highest BCUT2D eigenvalue weighted by atomic mass is 16.5. The predicted octanol–water partition coefficient (Wildman–Crippen LogP) is 5.62.